The SMILES string of the molecule is C#Cc1cc(Br)c2c(c1)OCCCO2. The molecule has 0 fully saturated rings. The standard InChI is InChI=1S/C11H9BrO2/c1-2-8-6-9(12)11-10(7-8)13-4-3-5-14-11/h1,6-7H,3-5H2. The Morgan fingerprint density at radius 2 is 2.07 bits per heavy atom. The van der Waals surface area contributed by atoms with Crippen LogP contribution in [0.5, 0.6) is 11.5 Å². The first-order valence-electron chi connectivity index (χ1n) is 4.37. The number of rotatable bonds is 0. The minimum Gasteiger partial charge on any atom is -0.489 e. The zero-order valence-electron chi connectivity index (χ0n) is 7.55. The summed E-state index contributed by atoms with van der Waals surface area (Å²) in [5.41, 5.74) is 0.793. The highest BCUT2D eigenvalue weighted by molar-refractivity contribution is 9.10. The van der Waals surface area contributed by atoms with E-state index in [1.807, 2.05) is 12.1 Å². The molecule has 0 radical (unpaired) electrons. The fourth-order valence-corrected chi connectivity index (χ4v) is 1.87. The Morgan fingerprint density at radius 1 is 1.29 bits per heavy atom. The molecule has 0 aliphatic carbocycles. The van der Waals surface area contributed by atoms with Gasteiger partial charge in [0.15, 0.2) is 11.5 Å². The minimum atomic E-state index is 0.674. The van der Waals surface area contributed by atoms with Gasteiger partial charge in [-0.15, -0.1) is 6.42 Å². The predicted molar refractivity (Wildman–Crippen MR) is 57.7 cm³/mol. The van der Waals surface area contributed by atoms with Crippen molar-refractivity contribution in [3.8, 4) is 23.8 Å². The van der Waals surface area contributed by atoms with E-state index in [1.165, 1.54) is 0 Å². The van der Waals surface area contributed by atoms with Crippen LogP contribution >= 0.6 is 15.9 Å². The normalized spacial score (nSPS) is 14.3. The number of hydrogen-bond acceptors (Lipinski definition) is 2. The van der Waals surface area contributed by atoms with E-state index >= 15 is 0 Å². The molecular weight excluding hydrogens is 244 g/mol. The fraction of sp³-hybridized carbons (Fsp3) is 0.273. The Bertz CT molecular complexity index is 393. The first-order valence-corrected chi connectivity index (χ1v) is 5.16. The van der Waals surface area contributed by atoms with Crippen LogP contribution in [-0.4, -0.2) is 13.2 Å². The zero-order valence-corrected chi connectivity index (χ0v) is 9.13. The van der Waals surface area contributed by atoms with E-state index in [4.69, 9.17) is 15.9 Å². The molecule has 1 aromatic rings. The maximum Gasteiger partial charge on any atom is 0.175 e. The summed E-state index contributed by atoms with van der Waals surface area (Å²) < 4.78 is 11.9. The number of fused-ring (bicyclic) bond motifs is 1. The molecule has 0 N–H and O–H groups in total. The molecule has 0 atom stereocenters. The summed E-state index contributed by atoms with van der Waals surface area (Å²) in [5.74, 6) is 4.05. The first kappa shape index (κ1) is 9.42. The molecule has 0 aromatic heterocycles. The van der Waals surface area contributed by atoms with Gasteiger partial charge < -0.3 is 9.47 Å². The molecular formula is C11H9BrO2. The molecule has 0 spiro atoms. The summed E-state index contributed by atoms with van der Waals surface area (Å²) in [6, 6.07) is 3.68. The second kappa shape index (κ2) is 3.93. The smallest absolute Gasteiger partial charge is 0.175 e. The van der Waals surface area contributed by atoms with Crippen molar-refractivity contribution in [3.63, 3.8) is 0 Å². The van der Waals surface area contributed by atoms with Gasteiger partial charge in [-0.25, -0.2) is 0 Å². The van der Waals surface area contributed by atoms with E-state index in [1.54, 1.807) is 0 Å². The number of benzene rings is 1. The van der Waals surface area contributed by atoms with Gasteiger partial charge in [-0.3, -0.25) is 0 Å². The third kappa shape index (κ3) is 1.71. The average Bonchev–Trinajstić information content (AvgIpc) is 2.42. The highest BCUT2D eigenvalue weighted by Gasteiger charge is 2.14. The van der Waals surface area contributed by atoms with Gasteiger partial charge in [0.25, 0.3) is 0 Å². The molecule has 0 amide bonds. The monoisotopic (exact) mass is 252 g/mol. The number of halogens is 1. The number of hydrogen-bond donors (Lipinski definition) is 0. The van der Waals surface area contributed by atoms with E-state index in [0.29, 0.717) is 13.2 Å². The summed E-state index contributed by atoms with van der Waals surface area (Å²) in [6.45, 7) is 1.36. The third-order valence-electron chi connectivity index (χ3n) is 1.97. The summed E-state index contributed by atoms with van der Waals surface area (Å²) in [6.07, 6.45) is 6.22. The van der Waals surface area contributed by atoms with Crippen molar-refractivity contribution in [3.05, 3.63) is 22.2 Å². The summed E-state index contributed by atoms with van der Waals surface area (Å²) in [7, 11) is 0. The van der Waals surface area contributed by atoms with E-state index < -0.39 is 0 Å². The Labute approximate surface area is 91.3 Å². The van der Waals surface area contributed by atoms with Crippen LogP contribution in [0.1, 0.15) is 12.0 Å². The van der Waals surface area contributed by atoms with Crippen LogP contribution in [0, 0.1) is 12.3 Å². The van der Waals surface area contributed by atoms with Crippen molar-refractivity contribution < 1.29 is 9.47 Å². The van der Waals surface area contributed by atoms with Gasteiger partial charge in [0.2, 0.25) is 0 Å². The first-order chi connectivity index (χ1) is 6.81. The van der Waals surface area contributed by atoms with Crippen molar-refractivity contribution in [2.45, 2.75) is 6.42 Å². The number of ether oxygens (including phenoxy) is 2. The van der Waals surface area contributed by atoms with Crippen LogP contribution in [0.15, 0.2) is 16.6 Å². The van der Waals surface area contributed by atoms with Crippen LogP contribution in [-0.2, 0) is 0 Å². The van der Waals surface area contributed by atoms with Crippen molar-refractivity contribution in [1.82, 2.24) is 0 Å². The van der Waals surface area contributed by atoms with Gasteiger partial charge >= 0.3 is 0 Å². The molecule has 1 aliphatic rings. The Hall–Kier alpha value is -1.14. The second-order valence-corrected chi connectivity index (χ2v) is 3.83. The molecule has 1 aliphatic heterocycles. The van der Waals surface area contributed by atoms with Crippen molar-refractivity contribution in [1.29, 1.82) is 0 Å². The minimum absolute atomic E-state index is 0.674. The third-order valence-corrected chi connectivity index (χ3v) is 2.56. The van der Waals surface area contributed by atoms with Gasteiger partial charge in [0.05, 0.1) is 17.7 Å². The molecule has 3 heteroatoms. The molecule has 0 saturated carbocycles. The quantitative estimate of drug-likeness (QED) is 0.661. The summed E-state index contributed by atoms with van der Waals surface area (Å²) in [5, 5.41) is 0. The fourth-order valence-electron chi connectivity index (χ4n) is 1.31. The Morgan fingerprint density at radius 3 is 2.86 bits per heavy atom. The lowest BCUT2D eigenvalue weighted by atomic mass is 10.2. The van der Waals surface area contributed by atoms with Crippen LogP contribution in [0.2, 0.25) is 0 Å². The second-order valence-electron chi connectivity index (χ2n) is 2.98. The van der Waals surface area contributed by atoms with Gasteiger partial charge in [-0.1, -0.05) is 5.92 Å². The number of terminal acetylenes is 1. The lowest BCUT2D eigenvalue weighted by Gasteiger charge is -2.09. The van der Waals surface area contributed by atoms with Gasteiger partial charge in [0.1, 0.15) is 0 Å². The van der Waals surface area contributed by atoms with Gasteiger partial charge in [-0.2, -0.15) is 0 Å². The molecule has 1 aromatic carbocycles. The lowest BCUT2D eigenvalue weighted by molar-refractivity contribution is 0.296. The molecule has 0 bridgehead atoms. The maximum absolute atomic E-state index is 5.54. The van der Waals surface area contributed by atoms with Crippen LogP contribution in [0.3, 0.4) is 0 Å². The summed E-state index contributed by atoms with van der Waals surface area (Å²) in [4.78, 5) is 0. The average molecular weight is 253 g/mol. The Kier molecular flexibility index (Phi) is 2.64. The predicted octanol–water partition coefficient (Wildman–Crippen LogP) is 2.59. The van der Waals surface area contributed by atoms with Crippen molar-refractivity contribution >= 4 is 15.9 Å². The van der Waals surface area contributed by atoms with Crippen molar-refractivity contribution in [2.75, 3.05) is 13.2 Å². The summed E-state index contributed by atoms with van der Waals surface area (Å²) >= 11 is 3.41. The highest BCUT2D eigenvalue weighted by Crippen LogP contribution is 2.37. The molecule has 0 saturated heterocycles. The molecule has 0 unspecified atom stereocenters. The Balaban J connectivity index is 2.50. The van der Waals surface area contributed by atoms with Gasteiger partial charge in [-0.05, 0) is 28.1 Å². The molecule has 14 heavy (non-hydrogen) atoms. The topological polar surface area (TPSA) is 18.5 Å². The zero-order chi connectivity index (χ0) is 9.97. The largest absolute Gasteiger partial charge is 0.489 e. The highest BCUT2D eigenvalue weighted by atomic mass is 79.9. The van der Waals surface area contributed by atoms with Crippen molar-refractivity contribution in [2.24, 2.45) is 0 Å². The van der Waals surface area contributed by atoms with E-state index in [2.05, 4.69) is 21.9 Å². The molecule has 2 rings (SSSR count). The van der Waals surface area contributed by atoms with Gasteiger partial charge in [0, 0.05) is 12.0 Å². The van der Waals surface area contributed by atoms with E-state index in [9.17, 15) is 0 Å². The van der Waals surface area contributed by atoms with E-state index in [-0.39, 0.29) is 0 Å². The molecule has 2 nitrogen and oxygen atoms in total. The molecule has 1 heterocycles. The maximum atomic E-state index is 5.54. The van der Waals surface area contributed by atoms with Crippen LogP contribution in [0.4, 0.5) is 0 Å². The van der Waals surface area contributed by atoms with Crippen LogP contribution < -0.4 is 9.47 Å². The molecule has 72 valence electrons. The van der Waals surface area contributed by atoms with Crippen LogP contribution in [0.25, 0.3) is 0 Å². The lowest BCUT2D eigenvalue weighted by Crippen LogP contribution is -1.97. The van der Waals surface area contributed by atoms with E-state index in [0.717, 1.165) is 28.0 Å².